The van der Waals surface area contributed by atoms with Crippen molar-refractivity contribution in [3.63, 3.8) is 0 Å². The molecule has 0 fully saturated rings. The third kappa shape index (κ3) is 5.18. The van der Waals surface area contributed by atoms with Crippen molar-refractivity contribution in [2.24, 2.45) is 0 Å². The highest BCUT2D eigenvalue weighted by atomic mass is 19.4. The van der Waals surface area contributed by atoms with Crippen molar-refractivity contribution in [3.8, 4) is 0 Å². The number of nitrogens with one attached hydrogen (secondary N) is 1. The van der Waals surface area contributed by atoms with Gasteiger partial charge >= 0.3 is 6.18 Å². The molecule has 1 aromatic carbocycles. The summed E-state index contributed by atoms with van der Waals surface area (Å²) < 4.78 is 36.1. The van der Waals surface area contributed by atoms with E-state index in [2.05, 4.69) is 12.1 Å². The lowest BCUT2D eigenvalue weighted by atomic mass is 9.98. The third-order valence-corrected chi connectivity index (χ3v) is 3.57. The van der Waals surface area contributed by atoms with Gasteiger partial charge < -0.3 is 5.32 Å². The first-order valence-corrected chi connectivity index (χ1v) is 7.15. The van der Waals surface area contributed by atoms with Crippen LogP contribution >= 0.6 is 0 Å². The first-order chi connectivity index (χ1) is 10.3. The highest BCUT2D eigenvalue weighted by molar-refractivity contribution is 5.78. The van der Waals surface area contributed by atoms with Crippen LogP contribution in [0.4, 0.5) is 13.2 Å². The summed E-state index contributed by atoms with van der Waals surface area (Å²) in [6, 6.07) is 8.22. The van der Waals surface area contributed by atoms with Crippen LogP contribution < -0.4 is 5.32 Å². The average Bonchev–Trinajstić information content (AvgIpc) is 2.46. The lowest BCUT2D eigenvalue weighted by Crippen LogP contribution is -2.42. The van der Waals surface area contributed by atoms with Crippen molar-refractivity contribution in [2.45, 2.75) is 19.5 Å². The first-order valence-electron chi connectivity index (χ1n) is 7.15. The van der Waals surface area contributed by atoms with Crippen LogP contribution in [-0.2, 0) is 4.79 Å². The van der Waals surface area contributed by atoms with Crippen molar-refractivity contribution in [2.75, 3.05) is 26.2 Å². The zero-order chi connectivity index (χ0) is 16.2. The molecule has 2 rings (SSSR count). The quantitative estimate of drug-likeness (QED) is 0.927. The van der Waals surface area contributed by atoms with Gasteiger partial charge in [0, 0.05) is 13.1 Å². The molecule has 22 heavy (non-hydrogen) atoms. The van der Waals surface area contributed by atoms with E-state index >= 15 is 0 Å². The zero-order valence-electron chi connectivity index (χ0n) is 12.4. The number of aryl methyl sites for hydroxylation is 1. The van der Waals surface area contributed by atoms with Gasteiger partial charge in [0.25, 0.3) is 0 Å². The monoisotopic (exact) mass is 312 g/mol. The lowest BCUT2D eigenvalue weighted by Gasteiger charge is -2.26. The largest absolute Gasteiger partial charge is 0.405 e. The summed E-state index contributed by atoms with van der Waals surface area (Å²) in [4.78, 5) is 13.3. The molecule has 0 spiro atoms. The summed E-state index contributed by atoms with van der Waals surface area (Å²) in [6.45, 7) is 1.99. The van der Waals surface area contributed by atoms with E-state index in [-0.39, 0.29) is 6.54 Å². The minimum atomic E-state index is -4.37. The summed E-state index contributed by atoms with van der Waals surface area (Å²) in [5.74, 6) is -0.593. The number of carbonyl (C=O) groups excluding carboxylic acids is 1. The summed E-state index contributed by atoms with van der Waals surface area (Å²) >= 11 is 0. The van der Waals surface area contributed by atoms with Crippen molar-refractivity contribution in [1.82, 2.24) is 10.2 Å². The molecule has 1 aromatic rings. The van der Waals surface area contributed by atoms with E-state index in [4.69, 9.17) is 0 Å². The molecule has 1 heterocycles. The summed E-state index contributed by atoms with van der Waals surface area (Å²) in [7, 11) is 0. The second-order valence-electron chi connectivity index (χ2n) is 5.47. The van der Waals surface area contributed by atoms with Crippen LogP contribution in [0.3, 0.4) is 0 Å². The minimum absolute atomic E-state index is 0.00619. The maximum atomic E-state index is 12.0. The number of alkyl halides is 3. The minimum Gasteiger partial charge on any atom is -0.346 e. The number of carbonyl (C=O) groups is 1. The van der Waals surface area contributed by atoms with E-state index < -0.39 is 18.6 Å². The van der Waals surface area contributed by atoms with Crippen molar-refractivity contribution < 1.29 is 18.0 Å². The number of hydrogen-bond acceptors (Lipinski definition) is 2. The maximum absolute atomic E-state index is 12.0. The Balaban J connectivity index is 1.83. The number of hydrogen-bond donors (Lipinski definition) is 1. The number of rotatable bonds is 4. The Morgan fingerprint density at radius 2 is 1.95 bits per heavy atom. The molecular weight excluding hydrogens is 293 g/mol. The molecule has 0 saturated carbocycles. The van der Waals surface area contributed by atoms with Gasteiger partial charge in [0.05, 0.1) is 6.54 Å². The number of halogens is 3. The Hall–Kier alpha value is -1.82. The van der Waals surface area contributed by atoms with Crippen LogP contribution in [0.5, 0.6) is 0 Å². The summed E-state index contributed by atoms with van der Waals surface area (Å²) in [5.41, 5.74) is 3.57. The van der Waals surface area contributed by atoms with Gasteiger partial charge in [-0.15, -0.1) is 0 Å². The molecule has 1 aliphatic rings. The average molecular weight is 312 g/mol. The second-order valence-corrected chi connectivity index (χ2v) is 5.47. The molecule has 120 valence electrons. The van der Waals surface area contributed by atoms with E-state index in [1.165, 1.54) is 11.1 Å². The Kier molecular flexibility index (Phi) is 5.24. The van der Waals surface area contributed by atoms with Crippen LogP contribution in [-0.4, -0.2) is 43.2 Å². The molecule has 0 aliphatic carbocycles. The molecule has 0 unspecified atom stereocenters. The molecule has 0 bridgehead atoms. The van der Waals surface area contributed by atoms with Crippen LogP contribution in [0.1, 0.15) is 17.5 Å². The normalized spacial score (nSPS) is 16.3. The molecule has 0 radical (unpaired) electrons. The predicted octanol–water partition coefficient (Wildman–Crippen LogP) is 2.76. The fraction of sp³-hybridized carbons (Fsp3) is 0.438. The second kappa shape index (κ2) is 6.96. The van der Waals surface area contributed by atoms with Gasteiger partial charge in [-0.3, -0.25) is 9.69 Å². The van der Waals surface area contributed by atoms with Gasteiger partial charge in [-0.2, -0.15) is 13.2 Å². The number of nitrogens with zero attached hydrogens (tertiary/aromatic N) is 1. The van der Waals surface area contributed by atoms with E-state index in [9.17, 15) is 18.0 Å². The summed E-state index contributed by atoms with van der Waals surface area (Å²) in [6.07, 6.45) is -1.54. The molecule has 0 aromatic heterocycles. The zero-order valence-corrected chi connectivity index (χ0v) is 12.4. The molecule has 3 nitrogen and oxygen atoms in total. The highest BCUT2D eigenvalue weighted by Gasteiger charge is 2.28. The topological polar surface area (TPSA) is 32.3 Å². The summed E-state index contributed by atoms with van der Waals surface area (Å²) in [5, 5.41) is 1.89. The van der Waals surface area contributed by atoms with Crippen LogP contribution in [0.15, 0.2) is 30.3 Å². The smallest absolute Gasteiger partial charge is 0.346 e. The Morgan fingerprint density at radius 1 is 1.27 bits per heavy atom. The third-order valence-electron chi connectivity index (χ3n) is 3.57. The number of benzene rings is 1. The van der Waals surface area contributed by atoms with Crippen LogP contribution in [0.2, 0.25) is 0 Å². The Morgan fingerprint density at radius 3 is 2.50 bits per heavy atom. The van der Waals surface area contributed by atoms with Crippen molar-refractivity contribution >= 4 is 11.5 Å². The van der Waals surface area contributed by atoms with Crippen molar-refractivity contribution in [3.05, 3.63) is 41.5 Å². The fourth-order valence-corrected chi connectivity index (χ4v) is 2.34. The van der Waals surface area contributed by atoms with Gasteiger partial charge in [0.15, 0.2) is 0 Å². The maximum Gasteiger partial charge on any atom is 0.405 e. The van der Waals surface area contributed by atoms with E-state index in [1.807, 2.05) is 35.3 Å². The number of amides is 1. The fourth-order valence-electron chi connectivity index (χ4n) is 2.34. The molecule has 6 heteroatoms. The molecule has 1 aliphatic heterocycles. The molecule has 0 atom stereocenters. The Bertz CT molecular complexity index is 550. The Labute approximate surface area is 127 Å². The van der Waals surface area contributed by atoms with Gasteiger partial charge in [-0.05, 0) is 24.5 Å². The SMILES string of the molecule is Cc1ccc(C2=CCN(CC(=O)NCC(F)(F)F)CC2)cc1. The molecule has 1 amide bonds. The first kappa shape index (κ1) is 16.5. The van der Waals surface area contributed by atoms with Crippen molar-refractivity contribution in [1.29, 1.82) is 0 Å². The predicted molar refractivity (Wildman–Crippen MR) is 79.3 cm³/mol. The standard InChI is InChI=1S/C16H19F3N2O/c1-12-2-4-13(5-3-12)14-6-8-21(9-7-14)10-15(22)20-11-16(17,18)19/h2-6H,7-11H2,1H3,(H,20,22). The molecule has 0 saturated heterocycles. The van der Waals surface area contributed by atoms with Crippen LogP contribution in [0, 0.1) is 6.92 Å². The molecule has 1 N–H and O–H groups in total. The molecular formula is C16H19F3N2O. The van der Waals surface area contributed by atoms with Gasteiger partial charge in [0.2, 0.25) is 5.91 Å². The van der Waals surface area contributed by atoms with Gasteiger partial charge in [-0.1, -0.05) is 35.9 Å². The highest BCUT2D eigenvalue weighted by Crippen LogP contribution is 2.22. The van der Waals surface area contributed by atoms with Gasteiger partial charge in [-0.25, -0.2) is 0 Å². The van der Waals surface area contributed by atoms with Crippen LogP contribution in [0.25, 0.3) is 5.57 Å². The van der Waals surface area contributed by atoms with E-state index in [1.54, 1.807) is 0 Å². The van der Waals surface area contributed by atoms with Gasteiger partial charge in [0.1, 0.15) is 6.54 Å². The van der Waals surface area contributed by atoms with E-state index in [0.29, 0.717) is 13.1 Å². The van der Waals surface area contributed by atoms with E-state index in [0.717, 1.165) is 12.0 Å². The lowest BCUT2D eigenvalue weighted by molar-refractivity contribution is -0.139.